The molecule has 0 saturated carbocycles. The Labute approximate surface area is 109 Å². The number of nitrogens with zero attached hydrogens (tertiary/aromatic N) is 1. The third kappa shape index (κ3) is 3.14. The highest BCUT2D eigenvalue weighted by atomic mass is 35.5. The lowest BCUT2D eigenvalue weighted by molar-refractivity contribution is 0.566. The summed E-state index contributed by atoms with van der Waals surface area (Å²) in [4.78, 5) is 2.42. The second-order valence-electron chi connectivity index (χ2n) is 4.86. The fourth-order valence-corrected chi connectivity index (χ4v) is 2.98. The molecule has 0 bridgehead atoms. The highest BCUT2D eigenvalue weighted by Gasteiger charge is 2.14. The average molecular weight is 253 g/mol. The predicted molar refractivity (Wildman–Crippen MR) is 75.2 cm³/mol. The molecule has 1 aromatic carbocycles. The molecule has 0 aliphatic carbocycles. The molecule has 1 saturated heterocycles. The zero-order valence-electron chi connectivity index (χ0n) is 10.7. The van der Waals surface area contributed by atoms with Gasteiger partial charge in [-0.1, -0.05) is 17.7 Å². The Morgan fingerprint density at radius 3 is 2.71 bits per heavy atom. The summed E-state index contributed by atoms with van der Waals surface area (Å²) in [5, 5.41) is 4.34. The normalized spacial score (nSPS) is 17.7. The summed E-state index contributed by atoms with van der Waals surface area (Å²) in [6, 6.07) is 4.28. The van der Waals surface area contributed by atoms with Crippen LogP contribution < -0.4 is 10.2 Å². The van der Waals surface area contributed by atoms with Gasteiger partial charge in [0.25, 0.3) is 0 Å². The van der Waals surface area contributed by atoms with Crippen LogP contribution in [0.1, 0.15) is 24.0 Å². The second-order valence-corrected chi connectivity index (χ2v) is 5.26. The summed E-state index contributed by atoms with van der Waals surface area (Å²) in [5.41, 5.74) is 3.75. The topological polar surface area (TPSA) is 15.3 Å². The molecule has 3 heteroatoms. The number of benzene rings is 1. The standard InChI is InChI=1S/C14H21ClN2/c1-11-9-12(2)14(13(15)10-11)17-7-4-3-5-16-6-8-17/h9-10,16H,3-8H2,1-2H3. The lowest BCUT2D eigenvalue weighted by Crippen LogP contribution is -2.36. The fraction of sp³-hybridized carbons (Fsp3) is 0.571. The molecule has 0 amide bonds. The van der Waals surface area contributed by atoms with E-state index in [1.165, 1.54) is 29.7 Å². The van der Waals surface area contributed by atoms with Crippen LogP contribution in [0.4, 0.5) is 5.69 Å². The largest absolute Gasteiger partial charge is 0.369 e. The van der Waals surface area contributed by atoms with Gasteiger partial charge >= 0.3 is 0 Å². The first-order valence-corrected chi connectivity index (χ1v) is 6.78. The highest BCUT2D eigenvalue weighted by molar-refractivity contribution is 6.33. The number of hydrogen-bond donors (Lipinski definition) is 1. The molecular weight excluding hydrogens is 232 g/mol. The maximum atomic E-state index is 6.40. The van der Waals surface area contributed by atoms with Gasteiger partial charge in [-0.2, -0.15) is 0 Å². The van der Waals surface area contributed by atoms with Gasteiger partial charge in [-0.25, -0.2) is 0 Å². The summed E-state index contributed by atoms with van der Waals surface area (Å²) in [7, 11) is 0. The Bertz CT molecular complexity index is 359. The van der Waals surface area contributed by atoms with Gasteiger partial charge in [0.2, 0.25) is 0 Å². The number of hydrogen-bond acceptors (Lipinski definition) is 2. The SMILES string of the molecule is Cc1cc(C)c(N2CCCCNCC2)c(Cl)c1. The quantitative estimate of drug-likeness (QED) is 0.826. The van der Waals surface area contributed by atoms with E-state index in [0.717, 1.165) is 31.2 Å². The van der Waals surface area contributed by atoms with Crippen LogP contribution in [0.3, 0.4) is 0 Å². The minimum atomic E-state index is 0.892. The Morgan fingerprint density at radius 2 is 1.94 bits per heavy atom. The number of halogens is 1. The Morgan fingerprint density at radius 1 is 1.12 bits per heavy atom. The van der Waals surface area contributed by atoms with Gasteiger partial charge in [-0.15, -0.1) is 0 Å². The van der Waals surface area contributed by atoms with E-state index in [2.05, 4.69) is 36.2 Å². The lowest BCUT2D eigenvalue weighted by Gasteiger charge is -2.29. The van der Waals surface area contributed by atoms with Crippen molar-refractivity contribution >= 4 is 17.3 Å². The molecule has 1 aliphatic heterocycles. The Kier molecular flexibility index (Phi) is 4.30. The maximum Gasteiger partial charge on any atom is 0.0644 e. The van der Waals surface area contributed by atoms with Crippen molar-refractivity contribution in [3.63, 3.8) is 0 Å². The monoisotopic (exact) mass is 252 g/mol. The molecule has 1 fully saturated rings. The number of anilines is 1. The van der Waals surface area contributed by atoms with Crippen LogP contribution in [0.5, 0.6) is 0 Å². The van der Waals surface area contributed by atoms with Gasteiger partial charge < -0.3 is 10.2 Å². The maximum absolute atomic E-state index is 6.40. The first kappa shape index (κ1) is 12.7. The molecular formula is C14H21ClN2. The Hall–Kier alpha value is -0.730. The van der Waals surface area contributed by atoms with Gasteiger partial charge in [0.15, 0.2) is 0 Å². The van der Waals surface area contributed by atoms with E-state index >= 15 is 0 Å². The molecule has 0 aromatic heterocycles. The van der Waals surface area contributed by atoms with Crippen molar-refractivity contribution in [2.45, 2.75) is 26.7 Å². The van der Waals surface area contributed by atoms with E-state index in [1.54, 1.807) is 0 Å². The molecule has 1 N–H and O–H groups in total. The zero-order valence-corrected chi connectivity index (χ0v) is 11.5. The molecule has 94 valence electrons. The summed E-state index contributed by atoms with van der Waals surface area (Å²) in [6.07, 6.45) is 2.48. The molecule has 1 aliphatic rings. The molecule has 0 spiro atoms. The minimum absolute atomic E-state index is 0.892. The smallest absolute Gasteiger partial charge is 0.0644 e. The van der Waals surface area contributed by atoms with Crippen molar-refractivity contribution in [3.05, 3.63) is 28.3 Å². The van der Waals surface area contributed by atoms with Crippen molar-refractivity contribution in [1.82, 2.24) is 5.32 Å². The zero-order chi connectivity index (χ0) is 12.3. The lowest BCUT2D eigenvalue weighted by atomic mass is 10.1. The van der Waals surface area contributed by atoms with Gasteiger partial charge in [0.1, 0.15) is 0 Å². The van der Waals surface area contributed by atoms with E-state index in [9.17, 15) is 0 Å². The van der Waals surface area contributed by atoms with Crippen LogP contribution in [0.25, 0.3) is 0 Å². The number of aryl methyl sites for hydroxylation is 2. The van der Waals surface area contributed by atoms with Crippen molar-refractivity contribution < 1.29 is 0 Å². The van der Waals surface area contributed by atoms with E-state index in [-0.39, 0.29) is 0 Å². The van der Waals surface area contributed by atoms with E-state index in [0.29, 0.717) is 0 Å². The molecule has 17 heavy (non-hydrogen) atoms. The van der Waals surface area contributed by atoms with Gasteiger partial charge in [0.05, 0.1) is 10.7 Å². The summed E-state index contributed by atoms with van der Waals surface area (Å²) in [6.45, 7) is 8.60. The van der Waals surface area contributed by atoms with Crippen LogP contribution in [-0.4, -0.2) is 26.2 Å². The van der Waals surface area contributed by atoms with Crippen LogP contribution in [0.15, 0.2) is 12.1 Å². The van der Waals surface area contributed by atoms with Crippen LogP contribution in [0, 0.1) is 13.8 Å². The van der Waals surface area contributed by atoms with Crippen LogP contribution in [-0.2, 0) is 0 Å². The molecule has 0 unspecified atom stereocenters. The molecule has 1 heterocycles. The van der Waals surface area contributed by atoms with Crippen molar-refractivity contribution in [2.24, 2.45) is 0 Å². The third-order valence-electron chi connectivity index (χ3n) is 3.30. The molecule has 2 rings (SSSR count). The number of nitrogens with one attached hydrogen (secondary N) is 1. The summed E-state index contributed by atoms with van der Waals surface area (Å²) < 4.78 is 0. The molecule has 0 atom stereocenters. The third-order valence-corrected chi connectivity index (χ3v) is 3.59. The van der Waals surface area contributed by atoms with Crippen molar-refractivity contribution in [1.29, 1.82) is 0 Å². The first-order valence-electron chi connectivity index (χ1n) is 6.41. The first-order chi connectivity index (χ1) is 8.18. The van der Waals surface area contributed by atoms with E-state index in [1.807, 2.05) is 0 Å². The fourth-order valence-electron chi connectivity index (χ4n) is 2.54. The molecule has 2 nitrogen and oxygen atoms in total. The van der Waals surface area contributed by atoms with E-state index in [4.69, 9.17) is 11.6 Å². The van der Waals surface area contributed by atoms with E-state index < -0.39 is 0 Å². The van der Waals surface area contributed by atoms with Crippen molar-refractivity contribution in [2.75, 3.05) is 31.1 Å². The average Bonchev–Trinajstić information content (AvgIpc) is 2.19. The number of rotatable bonds is 1. The predicted octanol–water partition coefficient (Wildman–Crippen LogP) is 3.15. The second kappa shape index (κ2) is 5.74. The summed E-state index contributed by atoms with van der Waals surface area (Å²) >= 11 is 6.40. The summed E-state index contributed by atoms with van der Waals surface area (Å²) in [5.74, 6) is 0. The van der Waals surface area contributed by atoms with Crippen molar-refractivity contribution in [3.8, 4) is 0 Å². The van der Waals surface area contributed by atoms with Gasteiger partial charge in [0, 0.05) is 19.6 Å². The van der Waals surface area contributed by atoms with Crippen LogP contribution in [0.2, 0.25) is 5.02 Å². The highest BCUT2D eigenvalue weighted by Crippen LogP contribution is 2.31. The minimum Gasteiger partial charge on any atom is -0.369 e. The van der Waals surface area contributed by atoms with Crippen LogP contribution >= 0.6 is 11.6 Å². The van der Waals surface area contributed by atoms with Gasteiger partial charge in [-0.05, 0) is 50.4 Å². The molecule has 1 aromatic rings. The van der Waals surface area contributed by atoms with Gasteiger partial charge in [-0.3, -0.25) is 0 Å². The Balaban J connectivity index is 2.24. The molecule has 0 radical (unpaired) electrons.